The first-order chi connectivity index (χ1) is 16.8. The third kappa shape index (κ3) is 3.65. The number of para-hydroxylation sites is 1. The number of carbonyl (C=O) groups excluding carboxylic acids is 1. The van der Waals surface area contributed by atoms with Crippen LogP contribution in [0.5, 0.6) is 0 Å². The minimum atomic E-state index is -4.53. The van der Waals surface area contributed by atoms with Crippen molar-refractivity contribution >= 4 is 22.8 Å². The molecule has 6 rings (SSSR count). The summed E-state index contributed by atoms with van der Waals surface area (Å²) in [5, 5.41) is 1.02. The Labute approximate surface area is 200 Å². The predicted molar refractivity (Wildman–Crippen MR) is 126 cm³/mol. The number of halogens is 3. The first-order valence-corrected chi connectivity index (χ1v) is 12.1. The van der Waals surface area contributed by atoms with Crippen molar-refractivity contribution in [1.29, 1.82) is 0 Å². The Morgan fingerprint density at radius 1 is 1.17 bits per heavy atom. The van der Waals surface area contributed by atoms with E-state index in [1.165, 1.54) is 4.90 Å². The molecule has 1 saturated carbocycles. The number of aromatic amines is 1. The fourth-order valence-electron chi connectivity index (χ4n) is 5.46. The highest BCUT2D eigenvalue weighted by atomic mass is 19.4. The maximum Gasteiger partial charge on any atom is 0.403 e. The number of benzene rings is 1. The lowest BCUT2D eigenvalue weighted by Crippen LogP contribution is -2.47. The molecule has 1 atom stereocenters. The Morgan fingerprint density at radius 2 is 1.97 bits per heavy atom. The fraction of sp³-hybridized carbons (Fsp3) is 0.480. The van der Waals surface area contributed by atoms with Crippen LogP contribution in [-0.2, 0) is 17.8 Å². The number of piperidine rings is 1. The highest BCUT2D eigenvalue weighted by Crippen LogP contribution is 2.59. The van der Waals surface area contributed by atoms with E-state index < -0.39 is 17.5 Å². The molecule has 3 aromatic rings. The van der Waals surface area contributed by atoms with Crippen LogP contribution < -0.4 is 10.6 Å². The van der Waals surface area contributed by atoms with Crippen molar-refractivity contribution in [3.05, 3.63) is 41.7 Å². The zero-order valence-electron chi connectivity index (χ0n) is 19.2. The number of H-pyrrole nitrogens is 1. The van der Waals surface area contributed by atoms with Gasteiger partial charge in [-0.15, -0.1) is 0 Å². The molecular weight excluding hydrogens is 457 g/mol. The number of fused-ring (bicyclic) bond motifs is 2. The van der Waals surface area contributed by atoms with Crippen molar-refractivity contribution in [2.75, 3.05) is 24.5 Å². The van der Waals surface area contributed by atoms with E-state index in [2.05, 4.69) is 4.98 Å². The molecule has 2 fully saturated rings. The third-order valence-corrected chi connectivity index (χ3v) is 7.63. The van der Waals surface area contributed by atoms with Crippen molar-refractivity contribution in [2.24, 2.45) is 11.1 Å². The van der Waals surface area contributed by atoms with Gasteiger partial charge in [-0.05, 0) is 38.2 Å². The maximum atomic E-state index is 13.6. The Balaban J connectivity index is 1.42. The minimum Gasteiger partial charge on any atom is -0.360 e. The van der Waals surface area contributed by atoms with Crippen LogP contribution in [0.15, 0.2) is 30.5 Å². The predicted octanol–water partition coefficient (Wildman–Crippen LogP) is 3.78. The molecule has 0 bridgehead atoms. The summed E-state index contributed by atoms with van der Waals surface area (Å²) in [5.74, 6) is -0.310. The molecule has 4 heterocycles. The number of rotatable bonds is 3. The number of nitrogens with two attached hydrogens (primary N) is 1. The molecule has 0 radical (unpaired) electrons. The molecule has 1 aliphatic carbocycles. The summed E-state index contributed by atoms with van der Waals surface area (Å²) in [6, 6.07) is 7.94. The quantitative estimate of drug-likeness (QED) is 0.591. The highest BCUT2D eigenvalue weighted by Gasteiger charge is 2.69. The lowest BCUT2D eigenvalue weighted by Gasteiger charge is -2.35. The van der Waals surface area contributed by atoms with Crippen molar-refractivity contribution in [1.82, 2.24) is 19.9 Å². The second-order valence-electron chi connectivity index (χ2n) is 9.95. The van der Waals surface area contributed by atoms with Crippen LogP contribution in [0, 0.1) is 5.41 Å². The smallest absolute Gasteiger partial charge is 0.360 e. The lowest BCUT2D eigenvalue weighted by atomic mass is 9.96. The van der Waals surface area contributed by atoms with Gasteiger partial charge in [0.2, 0.25) is 11.9 Å². The van der Waals surface area contributed by atoms with Crippen molar-refractivity contribution in [3.8, 4) is 11.3 Å². The third-order valence-electron chi connectivity index (χ3n) is 7.63. The fourth-order valence-corrected chi connectivity index (χ4v) is 5.46. The molecule has 3 aliphatic rings. The number of nitrogens with zero attached hydrogens (tertiary/aromatic N) is 4. The molecule has 10 heteroatoms. The van der Waals surface area contributed by atoms with Gasteiger partial charge in [-0.2, -0.15) is 13.2 Å². The van der Waals surface area contributed by atoms with Crippen molar-refractivity contribution < 1.29 is 18.0 Å². The molecule has 35 heavy (non-hydrogen) atoms. The topological polar surface area (TPSA) is 91.1 Å². The Kier molecular flexibility index (Phi) is 5.07. The Bertz CT molecular complexity index is 1300. The number of amides is 1. The lowest BCUT2D eigenvalue weighted by molar-refractivity contribution is -0.199. The molecule has 2 aromatic heterocycles. The van der Waals surface area contributed by atoms with Crippen LogP contribution in [-0.4, -0.2) is 57.6 Å². The van der Waals surface area contributed by atoms with Gasteiger partial charge in [0, 0.05) is 53.9 Å². The van der Waals surface area contributed by atoms with Crippen molar-refractivity contribution in [3.63, 3.8) is 0 Å². The second kappa shape index (κ2) is 7.94. The molecule has 0 spiro atoms. The van der Waals surface area contributed by atoms with E-state index in [1.807, 2.05) is 35.4 Å². The SMILES string of the molecule is N[C@@H]1CCCN(c2nc3c(c(-c4c[nH]c5ccccc45)n2)CCN(C(=O)C2(C(F)(F)F)CC2)C3)C1. The number of hydrogen-bond acceptors (Lipinski definition) is 5. The Morgan fingerprint density at radius 3 is 2.71 bits per heavy atom. The molecule has 3 N–H and O–H groups in total. The zero-order valence-corrected chi connectivity index (χ0v) is 19.2. The summed E-state index contributed by atoms with van der Waals surface area (Å²) >= 11 is 0. The monoisotopic (exact) mass is 484 g/mol. The van der Waals surface area contributed by atoms with Gasteiger partial charge in [0.05, 0.1) is 17.9 Å². The maximum absolute atomic E-state index is 13.6. The molecule has 7 nitrogen and oxygen atoms in total. The normalized spacial score (nSPS) is 21.8. The van der Waals surface area contributed by atoms with Crippen LogP contribution >= 0.6 is 0 Å². The zero-order chi connectivity index (χ0) is 24.4. The average Bonchev–Trinajstić information content (AvgIpc) is 3.57. The largest absolute Gasteiger partial charge is 0.403 e. The first-order valence-electron chi connectivity index (χ1n) is 12.1. The molecule has 0 unspecified atom stereocenters. The standard InChI is InChI=1S/C25H27F3N6O/c26-25(27,28)24(8-9-24)22(35)33-11-7-17-20(14-33)31-23(34-10-3-4-15(29)13-34)32-21(17)18-12-30-19-6-2-1-5-16(18)19/h1-2,5-6,12,15,30H,3-4,7-11,13-14,29H2/t15-/m1/s1. The second-order valence-corrected chi connectivity index (χ2v) is 9.95. The summed E-state index contributed by atoms with van der Waals surface area (Å²) in [7, 11) is 0. The van der Waals surface area contributed by atoms with Crippen LogP contribution in [0.2, 0.25) is 0 Å². The number of aromatic nitrogens is 3. The van der Waals surface area contributed by atoms with Gasteiger partial charge in [-0.25, -0.2) is 9.97 Å². The van der Waals surface area contributed by atoms with Crippen LogP contribution in [0.4, 0.5) is 19.1 Å². The summed E-state index contributed by atoms with van der Waals surface area (Å²) in [5.41, 5.74) is 8.16. The molecule has 2 aliphatic heterocycles. The van der Waals surface area contributed by atoms with Crippen LogP contribution in [0.3, 0.4) is 0 Å². The van der Waals surface area contributed by atoms with Gasteiger partial charge < -0.3 is 20.5 Å². The number of nitrogens with one attached hydrogen (secondary N) is 1. The molecule has 1 saturated heterocycles. The molecule has 1 amide bonds. The minimum absolute atomic E-state index is 0.0134. The Hall–Kier alpha value is -3.14. The molecule has 1 aromatic carbocycles. The van der Waals surface area contributed by atoms with Gasteiger partial charge in [-0.3, -0.25) is 4.79 Å². The van der Waals surface area contributed by atoms with Gasteiger partial charge in [0.15, 0.2) is 0 Å². The average molecular weight is 485 g/mol. The number of carbonyl (C=O) groups is 1. The summed E-state index contributed by atoms with van der Waals surface area (Å²) in [6.07, 6.45) is -0.634. The van der Waals surface area contributed by atoms with E-state index in [9.17, 15) is 18.0 Å². The van der Waals surface area contributed by atoms with Crippen molar-refractivity contribution in [2.45, 2.75) is 50.9 Å². The molecular formula is C25H27F3N6O. The van der Waals surface area contributed by atoms with E-state index in [0.717, 1.165) is 47.1 Å². The number of anilines is 1. The van der Waals surface area contributed by atoms with E-state index >= 15 is 0 Å². The van der Waals surface area contributed by atoms with Gasteiger partial charge in [0.1, 0.15) is 5.41 Å². The summed E-state index contributed by atoms with van der Waals surface area (Å²) in [6.45, 7) is 1.65. The van der Waals surface area contributed by atoms with E-state index in [1.54, 1.807) is 0 Å². The van der Waals surface area contributed by atoms with Crippen LogP contribution in [0.25, 0.3) is 22.2 Å². The van der Waals surface area contributed by atoms with Gasteiger partial charge in [-0.1, -0.05) is 18.2 Å². The van der Waals surface area contributed by atoms with Crippen LogP contribution in [0.1, 0.15) is 36.9 Å². The van der Waals surface area contributed by atoms with Gasteiger partial charge >= 0.3 is 6.18 Å². The van der Waals surface area contributed by atoms with E-state index in [4.69, 9.17) is 15.7 Å². The molecule has 184 valence electrons. The number of alkyl halides is 3. The number of hydrogen-bond donors (Lipinski definition) is 2. The summed E-state index contributed by atoms with van der Waals surface area (Å²) in [4.78, 5) is 29.4. The highest BCUT2D eigenvalue weighted by molar-refractivity contribution is 5.95. The van der Waals surface area contributed by atoms with E-state index in [0.29, 0.717) is 24.6 Å². The summed E-state index contributed by atoms with van der Waals surface area (Å²) < 4.78 is 40.9. The first kappa shape index (κ1) is 22.3. The van der Waals surface area contributed by atoms with Gasteiger partial charge in [0.25, 0.3) is 0 Å². The van der Waals surface area contributed by atoms with E-state index in [-0.39, 0.29) is 32.0 Å².